The molecular weight excluding hydrogens is 359 g/mol. The van der Waals surface area contributed by atoms with Crippen LogP contribution in [0.4, 0.5) is 0 Å². The molecule has 102 valence electrons. The SMILES string of the molecule is C[Si]1(C)C=CCC(CCOC(=O)CC/C=C\I)O1. The van der Waals surface area contributed by atoms with Gasteiger partial charge in [-0.25, -0.2) is 0 Å². The van der Waals surface area contributed by atoms with Crippen molar-refractivity contribution in [2.75, 3.05) is 6.61 Å². The molecular formula is C13H21IO3Si. The summed E-state index contributed by atoms with van der Waals surface area (Å²) in [4.78, 5) is 11.4. The Hall–Kier alpha value is -0.143. The molecule has 0 aliphatic carbocycles. The van der Waals surface area contributed by atoms with Gasteiger partial charge >= 0.3 is 5.97 Å². The van der Waals surface area contributed by atoms with Crippen LogP contribution in [0.2, 0.25) is 13.1 Å². The molecule has 0 aromatic carbocycles. The largest absolute Gasteiger partial charge is 0.466 e. The van der Waals surface area contributed by atoms with Gasteiger partial charge in [-0.1, -0.05) is 40.4 Å². The van der Waals surface area contributed by atoms with E-state index in [-0.39, 0.29) is 12.1 Å². The average molecular weight is 380 g/mol. The van der Waals surface area contributed by atoms with Crippen LogP contribution in [0.3, 0.4) is 0 Å². The highest BCUT2D eigenvalue weighted by molar-refractivity contribution is 14.1. The molecule has 0 amide bonds. The molecule has 3 nitrogen and oxygen atoms in total. The molecule has 0 N–H and O–H groups in total. The molecule has 0 bridgehead atoms. The number of hydrogen-bond donors (Lipinski definition) is 0. The molecule has 0 aromatic heterocycles. The van der Waals surface area contributed by atoms with Gasteiger partial charge in [-0.15, -0.1) is 0 Å². The summed E-state index contributed by atoms with van der Waals surface area (Å²) in [7, 11) is -1.59. The van der Waals surface area contributed by atoms with E-state index in [9.17, 15) is 4.79 Å². The highest BCUT2D eigenvalue weighted by atomic mass is 127. The molecule has 1 aliphatic heterocycles. The number of rotatable bonds is 6. The van der Waals surface area contributed by atoms with Crippen molar-refractivity contribution in [3.63, 3.8) is 0 Å². The van der Waals surface area contributed by atoms with Crippen molar-refractivity contribution in [2.24, 2.45) is 0 Å². The van der Waals surface area contributed by atoms with Crippen molar-refractivity contribution in [1.82, 2.24) is 0 Å². The minimum Gasteiger partial charge on any atom is -0.466 e. The summed E-state index contributed by atoms with van der Waals surface area (Å²) in [5, 5.41) is 0. The fraction of sp³-hybridized carbons (Fsp3) is 0.615. The quantitative estimate of drug-likeness (QED) is 0.400. The maximum Gasteiger partial charge on any atom is 0.306 e. The zero-order chi connectivity index (χ0) is 13.4. The zero-order valence-electron chi connectivity index (χ0n) is 11.0. The summed E-state index contributed by atoms with van der Waals surface area (Å²) in [6.45, 7) is 4.83. The lowest BCUT2D eigenvalue weighted by atomic mass is 10.2. The Morgan fingerprint density at radius 1 is 1.61 bits per heavy atom. The maximum absolute atomic E-state index is 11.4. The molecule has 0 spiro atoms. The molecule has 18 heavy (non-hydrogen) atoms. The standard InChI is InChI=1S/C13H21IO3Si/c1-18(2)11-5-6-12(17-18)8-10-16-13(15)7-3-4-9-14/h4-5,9,11-12H,3,6-8,10H2,1-2H3/b9-4-. The highest BCUT2D eigenvalue weighted by Crippen LogP contribution is 2.20. The second-order valence-electron chi connectivity index (χ2n) is 4.89. The van der Waals surface area contributed by atoms with Crippen LogP contribution in [-0.2, 0) is 14.0 Å². The molecule has 1 rings (SSSR count). The lowest BCUT2D eigenvalue weighted by molar-refractivity contribution is -0.144. The Balaban J connectivity index is 2.14. The Morgan fingerprint density at radius 3 is 3.06 bits per heavy atom. The predicted molar refractivity (Wildman–Crippen MR) is 84.1 cm³/mol. The first kappa shape index (κ1) is 15.9. The molecule has 0 saturated heterocycles. The summed E-state index contributed by atoms with van der Waals surface area (Å²) in [5.74, 6) is -0.118. The van der Waals surface area contributed by atoms with E-state index >= 15 is 0 Å². The van der Waals surface area contributed by atoms with E-state index in [1.54, 1.807) is 0 Å². The minimum atomic E-state index is -1.59. The van der Waals surface area contributed by atoms with Crippen molar-refractivity contribution in [2.45, 2.75) is 44.9 Å². The van der Waals surface area contributed by atoms with Crippen molar-refractivity contribution >= 4 is 36.9 Å². The number of carbonyl (C=O) groups excluding carboxylic acids is 1. The van der Waals surface area contributed by atoms with Gasteiger partial charge in [0.2, 0.25) is 8.32 Å². The minimum absolute atomic E-state index is 0.118. The van der Waals surface area contributed by atoms with Crippen LogP contribution in [0, 0.1) is 0 Å². The Bertz CT molecular complexity index is 326. The van der Waals surface area contributed by atoms with E-state index in [0.717, 1.165) is 19.3 Å². The smallest absolute Gasteiger partial charge is 0.306 e. The van der Waals surface area contributed by atoms with Gasteiger partial charge in [0, 0.05) is 12.8 Å². The predicted octanol–water partition coefficient (Wildman–Crippen LogP) is 3.74. The summed E-state index contributed by atoms with van der Waals surface area (Å²) in [5.41, 5.74) is 2.21. The van der Waals surface area contributed by atoms with Gasteiger partial charge < -0.3 is 9.16 Å². The fourth-order valence-corrected chi connectivity index (χ4v) is 4.05. The summed E-state index contributed by atoms with van der Waals surface area (Å²) >= 11 is 2.14. The van der Waals surface area contributed by atoms with E-state index in [1.165, 1.54) is 0 Å². The molecule has 1 unspecified atom stereocenters. The molecule has 0 fully saturated rings. The number of ether oxygens (including phenoxy) is 1. The van der Waals surface area contributed by atoms with Crippen molar-refractivity contribution in [3.8, 4) is 0 Å². The molecule has 0 radical (unpaired) electrons. The fourth-order valence-electron chi connectivity index (χ4n) is 1.84. The van der Waals surface area contributed by atoms with Crippen LogP contribution >= 0.6 is 22.6 Å². The topological polar surface area (TPSA) is 35.5 Å². The van der Waals surface area contributed by atoms with Gasteiger partial charge in [0.05, 0.1) is 12.7 Å². The molecule has 1 aliphatic rings. The summed E-state index contributed by atoms with van der Waals surface area (Å²) in [6, 6.07) is 0. The summed E-state index contributed by atoms with van der Waals surface area (Å²) < 4.78 is 13.1. The number of carbonyl (C=O) groups is 1. The van der Waals surface area contributed by atoms with Crippen LogP contribution in [0.1, 0.15) is 25.7 Å². The van der Waals surface area contributed by atoms with Crippen molar-refractivity contribution in [1.29, 1.82) is 0 Å². The van der Waals surface area contributed by atoms with Gasteiger partial charge in [-0.05, 0) is 30.0 Å². The van der Waals surface area contributed by atoms with Crippen LogP contribution < -0.4 is 0 Å². The second kappa shape index (κ2) is 8.11. The van der Waals surface area contributed by atoms with E-state index in [1.807, 2.05) is 10.2 Å². The lowest BCUT2D eigenvalue weighted by Gasteiger charge is -2.30. The first-order valence-electron chi connectivity index (χ1n) is 6.30. The van der Waals surface area contributed by atoms with Gasteiger partial charge in [0.15, 0.2) is 0 Å². The molecule has 0 saturated carbocycles. The maximum atomic E-state index is 11.4. The molecule has 5 heteroatoms. The van der Waals surface area contributed by atoms with Gasteiger partial charge in [0.25, 0.3) is 0 Å². The number of hydrogen-bond acceptors (Lipinski definition) is 3. The van der Waals surface area contributed by atoms with Crippen molar-refractivity contribution < 1.29 is 14.0 Å². The first-order valence-corrected chi connectivity index (χ1v) is 10.5. The first-order chi connectivity index (χ1) is 8.53. The van der Waals surface area contributed by atoms with Gasteiger partial charge in [0.1, 0.15) is 0 Å². The van der Waals surface area contributed by atoms with Crippen LogP contribution in [-0.4, -0.2) is 27.0 Å². The van der Waals surface area contributed by atoms with Crippen molar-refractivity contribution in [3.05, 3.63) is 21.9 Å². The van der Waals surface area contributed by atoms with Crippen LogP contribution in [0.15, 0.2) is 21.9 Å². The monoisotopic (exact) mass is 380 g/mol. The van der Waals surface area contributed by atoms with Gasteiger partial charge in [-0.2, -0.15) is 0 Å². The number of halogens is 1. The zero-order valence-corrected chi connectivity index (χ0v) is 14.2. The van der Waals surface area contributed by atoms with E-state index in [4.69, 9.17) is 9.16 Å². The van der Waals surface area contributed by atoms with Crippen LogP contribution in [0.25, 0.3) is 0 Å². The average Bonchev–Trinajstić information content (AvgIpc) is 2.28. The van der Waals surface area contributed by atoms with Crippen LogP contribution in [0.5, 0.6) is 0 Å². The highest BCUT2D eigenvalue weighted by Gasteiger charge is 2.26. The molecule has 1 heterocycles. The summed E-state index contributed by atoms with van der Waals surface area (Å²) in [6.07, 6.45) is 7.34. The molecule has 1 atom stereocenters. The Morgan fingerprint density at radius 2 is 2.39 bits per heavy atom. The molecule has 0 aromatic rings. The van der Waals surface area contributed by atoms with Gasteiger partial charge in [-0.3, -0.25) is 4.79 Å². The van der Waals surface area contributed by atoms with E-state index in [2.05, 4.69) is 47.5 Å². The third-order valence-corrected chi connectivity index (χ3v) is 5.18. The normalized spacial score (nSPS) is 22.3. The third kappa shape index (κ3) is 6.70. The number of allylic oxidation sites excluding steroid dienone is 1. The van der Waals surface area contributed by atoms with E-state index < -0.39 is 8.32 Å². The second-order valence-corrected chi connectivity index (χ2v) is 9.39. The number of esters is 1. The Kier molecular flexibility index (Phi) is 7.17. The lowest BCUT2D eigenvalue weighted by Crippen LogP contribution is -2.37. The third-order valence-electron chi connectivity index (χ3n) is 2.70. The van der Waals surface area contributed by atoms with E-state index in [0.29, 0.717) is 13.0 Å². The Labute approximate surface area is 124 Å².